The van der Waals surface area contributed by atoms with Crippen LogP contribution in [-0.2, 0) is 6.54 Å². The third kappa shape index (κ3) is 4.81. The first kappa shape index (κ1) is 22.7. The summed E-state index contributed by atoms with van der Waals surface area (Å²) in [4.78, 5) is 18.2. The van der Waals surface area contributed by atoms with Crippen molar-refractivity contribution >= 4 is 40.0 Å². The molecule has 4 aromatic rings. The molecule has 1 saturated carbocycles. The van der Waals surface area contributed by atoms with E-state index in [0.29, 0.717) is 45.9 Å². The summed E-state index contributed by atoms with van der Waals surface area (Å²) >= 11 is 0. The number of nitrogens with one attached hydrogen (secondary N) is 2. The van der Waals surface area contributed by atoms with E-state index in [2.05, 4.69) is 37.4 Å². The number of nitrogens with zero attached hydrogens (tertiary/aromatic N) is 6. The Morgan fingerprint density at radius 1 is 0.944 bits per heavy atom. The zero-order chi connectivity index (χ0) is 24.6. The van der Waals surface area contributed by atoms with Crippen LogP contribution in [0.25, 0.3) is 11.2 Å². The molecule has 186 valence electrons. The third-order valence-electron chi connectivity index (χ3n) is 6.75. The number of fused-ring (bicyclic) bond motifs is 1. The van der Waals surface area contributed by atoms with E-state index >= 15 is 4.39 Å². The van der Waals surface area contributed by atoms with Gasteiger partial charge in [0.25, 0.3) is 0 Å². The number of likely N-dealkylation sites (N-methyl/N-ethyl adjacent to an activating group) is 1. The van der Waals surface area contributed by atoms with E-state index in [4.69, 9.17) is 4.98 Å². The molecule has 0 atom stereocenters. The fraction of sp³-hybridized carbons (Fsp3) is 0.346. The number of halogens is 2. The summed E-state index contributed by atoms with van der Waals surface area (Å²) in [5.74, 6) is 0.758. The smallest absolute Gasteiger partial charge is 0.231 e. The average molecular weight is 491 g/mol. The molecular formula is C26H28F2N8. The minimum Gasteiger partial charge on any atom is -0.367 e. The number of imidazole rings is 1. The Balaban J connectivity index is 1.31. The van der Waals surface area contributed by atoms with Crippen LogP contribution in [0.4, 0.5) is 37.6 Å². The summed E-state index contributed by atoms with van der Waals surface area (Å²) in [5.41, 5.74) is 2.98. The van der Waals surface area contributed by atoms with Gasteiger partial charge in [0.1, 0.15) is 11.6 Å². The minimum atomic E-state index is -0.348. The fourth-order valence-corrected chi connectivity index (χ4v) is 4.52. The largest absolute Gasteiger partial charge is 0.367 e. The Bertz CT molecular complexity index is 1390. The SMILES string of the molecule is CN1CCN(c2ccc(Nc3nc(Nc4cccc(F)c4)c4ncn(CC5CC5)c4n3)cc2F)CC1. The van der Waals surface area contributed by atoms with Gasteiger partial charge in [0.05, 0.1) is 12.0 Å². The molecular weight excluding hydrogens is 462 g/mol. The van der Waals surface area contributed by atoms with Gasteiger partial charge >= 0.3 is 0 Å². The van der Waals surface area contributed by atoms with Gasteiger partial charge in [-0.25, -0.2) is 13.8 Å². The molecule has 0 radical (unpaired) electrons. The van der Waals surface area contributed by atoms with E-state index in [0.717, 1.165) is 32.7 Å². The number of aromatic nitrogens is 4. The first-order valence-electron chi connectivity index (χ1n) is 12.3. The molecule has 10 heteroatoms. The van der Waals surface area contributed by atoms with E-state index in [1.165, 1.54) is 31.0 Å². The van der Waals surface area contributed by atoms with E-state index in [9.17, 15) is 4.39 Å². The van der Waals surface area contributed by atoms with Crippen molar-refractivity contribution in [3.05, 3.63) is 60.4 Å². The Hall–Kier alpha value is -3.79. The van der Waals surface area contributed by atoms with E-state index in [-0.39, 0.29) is 11.6 Å². The molecule has 0 bridgehead atoms. The molecule has 0 amide bonds. The molecule has 8 nitrogen and oxygen atoms in total. The van der Waals surface area contributed by atoms with Gasteiger partial charge in [0.2, 0.25) is 5.95 Å². The lowest BCUT2D eigenvalue weighted by Gasteiger charge is -2.34. The molecule has 0 spiro atoms. The van der Waals surface area contributed by atoms with Gasteiger partial charge in [0, 0.05) is 44.1 Å². The first-order valence-corrected chi connectivity index (χ1v) is 12.3. The fourth-order valence-electron chi connectivity index (χ4n) is 4.52. The van der Waals surface area contributed by atoms with Crippen LogP contribution >= 0.6 is 0 Å². The summed E-state index contributed by atoms with van der Waals surface area (Å²) < 4.78 is 30.9. The summed E-state index contributed by atoms with van der Waals surface area (Å²) in [6.07, 6.45) is 4.16. The van der Waals surface area contributed by atoms with Crippen molar-refractivity contribution in [2.45, 2.75) is 19.4 Å². The van der Waals surface area contributed by atoms with Crippen LogP contribution in [0.1, 0.15) is 12.8 Å². The predicted molar refractivity (Wildman–Crippen MR) is 137 cm³/mol. The van der Waals surface area contributed by atoms with Crippen LogP contribution in [0.2, 0.25) is 0 Å². The summed E-state index contributed by atoms with van der Waals surface area (Å²) in [5, 5.41) is 6.33. The van der Waals surface area contributed by atoms with Crippen molar-refractivity contribution in [3.8, 4) is 0 Å². The van der Waals surface area contributed by atoms with Crippen molar-refractivity contribution in [2.75, 3.05) is 48.8 Å². The van der Waals surface area contributed by atoms with E-state index in [1.807, 2.05) is 10.6 Å². The van der Waals surface area contributed by atoms with E-state index in [1.54, 1.807) is 24.5 Å². The number of hydrogen-bond acceptors (Lipinski definition) is 7. The summed E-state index contributed by atoms with van der Waals surface area (Å²) in [6, 6.07) is 11.3. The monoisotopic (exact) mass is 490 g/mol. The van der Waals surface area contributed by atoms with Crippen molar-refractivity contribution in [2.24, 2.45) is 5.92 Å². The normalized spacial score (nSPS) is 16.5. The number of hydrogen-bond donors (Lipinski definition) is 2. The highest BCUT2D eigenvalue weighted by molar-refractivity contribution is 5.87. The van der Waals surface area contributed by atoms with Crippen molar-refractivity contribution in [1.29, 1.82) is 0 Å². The van der Waals surface area contributed by atoms with Crippen molar-refractivity contribution in [1.82, 2.24) is 24.4 Å². The Morgan fingerprint density at radius 3 is 2.50 bits per heavy atom. The maximum Gasteiger partial charge on any atom is 0.231 e. The van der Waals surface area contributed by atoms with Gasteiger partial charge in [0.15, 0.2) is 17.0 Å². The second-order valence-corrected chi connectivity index (χ2v) is 9.63. The Morgan fingerprint density at radius 2 is 1.75 bits per heavy atom. The molecule has 2 N–H and O–H groups in total. The maximum absolute atomic E-state index is 15.1. The highest BCUT2D eigenvalue weighted by Crippen LogP contribution is 2.33. The molecule has 0 unspecified atom stereocenters. The molecule has 1 saturated heterocycles. The maximum atomic E-state index is 15.1. The number of anilines is 5. The molecule has 1 aliphatic carbocycles. The molecule has 2 fully saturated rings. The number of benzene rings is 2. The molecule has 1 aliphatic heterocycles. The molecule has 36 heavy (non-hydrogen) atoms. The van der Waals surface area contributed by atoms with Crippen LogP contribution in [0, 0.1) is 17.6 Å². The standard InChI is InChI=1S/C26H28F2N8/c1-34-9-11-35(12-10-34)22-8-7-20(14-21(22)28)31-26-32-24(30-19-4-2-3-18(27)13-19)23-25(33-26)36(16-29-23)15-17-5-6-17/h2-4,7-8,13-14,16-17H,5-6,9-12,15H2,1H3,(H2,30,31,32,33). The van der Waals surface area contributed by atoms with Crippen LogP contribution in [0.15, 0.2) is 48.8 Å². The predicted octanol–water partition coefficient (Wildman–Crippen LogP) is 4.75. The van der Waals surface area contributed by atoms with Crippen LogP contribution in [0.5, 0.6) is 0 Å². The highest BCUT2D eigenvalue weighted by atomic mass is 19.1. The lowest BCUT2D eigenvalue weighted by Crippen LogP contribution is -2.44. The first-order chi connectivity index (χ1) is 17.5. The van der Waals surface area contributed by atoms with E-state index < -0.39 is 0 Å². The van der Waals surface area contributed by atoms with Crippen LogP contribution < -0.4 is 15.5 Å². The lowest BCUT2D eigenvalue weighted by molar-refractivity contribution is 0.311. The topological polar surface area (TPSA) is 74.1 Å². The minimum absolute atomic E-state index is 0.289. The average Bonchev–Trinajstić information content (AvgIpc) is 3.59. The summed E-state index contributed by atoms with van der Waals surface area (Å²) in [7, 11) is 2.07. The zero-order valence-electron chi connectivity index (χ0n) is 20.1. The second kappa shape index (κ2) is 9.34. The van der Waals surface area contributed by atoms with Gasteiger partial charge in [-0.2, -0.15) is 9.97 Å². The van der Waals surface area contributed by atoms with Gasteiger partial charge in [-0.05, 0) is 62.2 Å². The molecule has 2 aromatic heterocycles. The highest BCUT2D eigenvalue weighted by Gasteiger charge is 2.24. The van der Waals surface area contributed by atoms with Crippen LogP contribution in [0.3, 0.4) is 0 Å². The van der Waals surface area contributed by atoms with Crippen molar-refractivity contribution < 1.29 is 8.78 Å². The molecule has 2 aliphatic rings. The molecule has 2 aromatic carbocycles. The molecule has 6 rings (SSSR count). The van der Waals surface area contributed by atoms with Gasteiger partial charge in [-0.3, -0.25) is 0 Å². The van der Waals surface area contributed by atoms with Gasteiger partial charge in [-0.15, -0.1) is 0 Å². The molecule has 3 heterocycles. The quantitative estimate of drug-likeness (QED) is 0.387. The third-order valence-corrected chi connectivity index (χ3v) is 6.75. The zero-order valence-corrected chi connectivity index (χ0v) is 20.1. The summed E-state index contributed by atoms with van der Waals surface area (Å²) in [6.45, 7) is 4.23. The second-order valence-electron chi connectivity index (χ2n) is 9.63. The Labute approximate surface area is 208 Å². The van der Waals surface area contributed by atoms with Gasteiger partial charge in [-0.1, -0.05) is 6.07 Å². The van der Waals surface area contributed by atoms with Crippen LogP contribution in [-0.4, -0.2) is 57.6 Å². The lowest BCUT2D eigenvalue weighted by atomic mass is 10.2. The van der Waals surface area contributed by atoms with Crippen molar-refractivity contribution in [3.63, 3.8) is 0 Å². The number of rotatable bonds is 7. The Kier molecular flexibility index (Phi) is 5.88. The number of piperazine rings is 1. The van der Waals surface area contributed by atoms with Gasteiger partial charge < -0.3 is 25.0 Å².